The molecule has 1 amide bonds. The average molecular weight is 279 g/mol. The van der Waals surface area contributed by atoms with Crippen molar-refractivity contribution in [3.63, 3.8) is 0 Å². The van der Waals surface area contributed by atoms with Crippen molar-refractivity contribution in [2.24, 2.45) is 5.92 Å². The van der Waals surface area contributed by atoms with Crippen molar-refractivity contribution in [3.05, 3.63) is 0 Å². The molecule has 2 rings (SSSR count). The summed E-state index contributed by atoms with van der Waals surface area (Å²) in [5, 5.41) is 3.13. The largest absolute Gasteiger partial charge is 0.403 e. The highest BCUT2D eigenvalue weighted by atomic mass is 19.4. The van der Waals surface area contributed by atoms with E-state index in [1.54, 1.807) is 4.90 Å². The lowest BCUT2D eigenvalue weighted by molar-refractivity contribution is -0.183. The van der Waals surface area contributed by atoms with Crippen LogP contribution < -0.4 is 5.32 Å². The highest BCUT2D eigenvalue weighted by molar-refractivity contribution is 5.79. The molecule has 4 nitrogen and oxygen atoms in total. The molecule has 2 aliphatic heterocycles. The summed E-state index contributed by atoms with van der Waals surface area (Å²) in [6.07, 6.45) is -3.36. The fraction of sp³-hybridized carbons (Fsp3) is 0.917. The van der Waals surface area contributed by atoms with Crippen LogP contribution >= 0.6 is 0 Å². The summed E-state index contributed by atoms with van der Waals surface area (Å²) in [4.78, 5) is 15.2. The van der Waals surface area contributed by atoms with Crippen LogP contribution in [-0.2, 0) is 4.79 Å². The Morgan fingerprint density at radius 2 is 1.89 bits per heavy atom. The normalized spacial score (nSPS) is 27.6. The number of carbonyl (C=O) groups is 1. The van der Waals surface area contributed by atoms with Crippen LogP contribution in [0.1, 0.15) is 13.3 Å². The van der Waals surface area contributed by atoms with Gasteiger partial charge in [-0.25, -0.2) is 0 Å². The maximum atomic E-state index is 12.6. The number of piperazine rings is 1. The van der Waals surface area contributed by atoms with Crippen molar-refractivity contribution >= 4 is 5.91 Å². The second kappa shape index (κ2) is 5.66. The summed E-state index contributed by atoms with van der Waals surface area (Å²) >= 11 is 0. The van der Waals surface area contributed by atoms with Crippen LogP contribution in [0.25, 0.3) is 0 Å². The van der Waals surface area contributed by atoms with E-state index in [1.165, 1.54) is 11.8 Å². The van der Waals surface area contributed by atoms with Crippen LogP contribution in [0.4, 0.5) is 13.2 Å². The predicted molar refractivity (Wildman–Crippen MR) is 64.6 cm³/mol. The standard InChI is InChI=1S/C12H20F3N3O/c1-9(12(13,14)15)17-4-6-18(7-5-17)11(19)10-2-3-16-8-10/h9-10,16H,2-8H2,1H3. The molecule has 0 radical (unpaired) electrons. The van der Waals surface area contributed by atoms with Crippen LogP contribution in [0, 0.1) is 5.92 Å². The molecule has 2 aliphatic rings. The average Bonchev–Trinajstić information content (AvgIpc) is 2.90. The Morgan fingerprint density at radius 3 is 2.37 bits per heavy atom. The molecule has 0 saturated carbocycles. The Kier molecular flexibility index (Phi) is 4.35. The summed E-state index contributed by atoms with van der Waals surface area (Å²) < 4.78 is 37.8. The highest BCUT2D eigenvalue weighted by Crippen LogP contribution is 2.25. The fourth-order valence-electron chi connectivity index (χ4n) is 2.66. The minimum atomic E-state index is -4.19. The Morgan fingerprint density at radius 1 is 1.26 bits per heavy atom. The van der Waals surface area contributed by atoms with Crippen LogP contribution in [0.5, 0.6) is 0 Å². The summed E-state index contributed by atoms with van der Waals surface area (Å²) in [6.45, 7) is 4.11. The zero-order valence-electron chi connectivity index (χ0n) is 11.0. The number of hydrogen-bond acceptors (Lipinski definition) is 3. The van der Waals surface area contributed by atoms with Crippen molar-refractivity contribution < 1.29 is 18.0 Å². The summed E-state index contributed by atoms with van der Waals surface area (Å²) in [6, 6.07) is -1.43. The lowest BCUT2D eigenvalue weighted by atomic mass is 10.1. The Labute approximate surface area is 110 Å². The summed E-state index contributed by atoms with van der Waals surface area (Å²) in [5.41, 5.74) is 0. The Bertz CT molecular complexity index is 321. The molecule has 0 aromatic rings. The van der Waals surface area contributed by atoms with Crippen molar-refractivity contribution in [1.82, 2.24) is 15.1 Å². The molecule has 2 saturated heterocycles. The molecule has 7 heteroatoms. The van der Waals surface area contributed by atoms with Gasteiger partial charge in [0, 0.05) is 32.7 Å². The van der Waals surface area contributed by atoms with Gasteiger partial charge in [-0.05, 0) is 19.9 Å². The predicted octanol–water partition coefficient (Wildman–Crippen LogP) is 0.691. The van der Waals surface area contributed by atoms with E-state index in [9.17, 15) is 18.0 Å². The van der Waals surface area contributed by atoms with Crippen LogP contribution in [0.15, 0.2) is 0 Å². The third-order valence-corrected chi connectivity index (χ3v) is 4.06. The smallest absolute Gasteiger partial charge is 0.340 e. The molecule has 110 valence electrons. The zero-order chi connectivity index (χ0) is 14.0. The van der Waals surface area contributed by atoms with Crippen molar-refractivity contribution in [3.8, 4) is 0 Å². The quantitative estimate of drug-likeness (QED) is 0.808. The summed E-state index contributed by atoms with van der Waals surface area (Å²) in [7, 11) is 0. The van der Waals surface area contributed by atoms with Gasteiger partial charge in [0.1, 0.15) is 6.04 Å². The number of hydrogen-bond donors (Lipinski definition) is 1. The molecule has 1 N–H and O–H groups in total. The second-order valence-electron chi connectivity index (χ2n) is 5.27. The number of nitrogens with zero attached hydrogens (tertiary/aromatic N) is 2. The third kappa shape index (κ3) is 3.39. The van der Waals surface area contributed by atoms with Gasteiger partial charge in [0.15, 0.2) is 0 Å². The minimum absolute atomic E-state index is 0.00610. The van der Waals surface area contributed by atoms with Crippen molar-refractivity contribution in [2.45, 2.75) is 25.6 Å². The van der Waals surface area contributed by atoms with Gasteiger partial charge in [-0.1, -0.05) is 0 Å². The molecule has 0 bridgehead atoms. The number of alkyl halides is 3. The van der Waals surface area contributed by atoms with Gasteiger partial charge in [-0.3, -0.25) is 9.69 Å². The van der Waals surface area contributed by atoms with Gasteiger partial charge in [0.25, 0.3) is 0 Å². The van der Waals surface area contributed by atoms with Gasteiger partial charge < -0.3 is 10.2 Å². The number of carbonyl (C=O) groups excluding carboxylic acids is 1. The first-order valence-electron chi connectivity index (χ1n) is 6.70. The monoisotopic (exact) mass is 279 g/mol. The van der Waals surface area contributed by atoms with E-state index >= 15 is 0 Å². The molecule has 0 aromatic heterocycles. The lowest BCUT2D eigenvalue weighted by Gasteiger charge is -2.39. The molecule has 2 atom stereocenters. The van der Waals surface area contributed by atoms with Gasteiger partial charge in [0.05, 0.1) is 5.92 Å². The molecule has 19 heavy (non-hydrogen) atoms. The van der Waals surface area contributed by atoms with Gasteiger partial charge >= 0.3 is 6.18 Å². The Hall–Kier alpha value is -0.820. The van der Waals surface area contributed by atoms with E-state index in [0.717, 1.165) is 13.0 Å². The maximum Gasteiger partial charge on any atom is 0.403 e. The first-order chi connectivity index (χ1) is 8.89. The van der Waals surface area contributed by atoms with Gasteiger partial charge in [0.2, 0.25) is 5.91 Å². The van der Waals surface area contributed by atoms with E-state index in [2.05, 4.69) is 5.32 Å². The van der Waals surface area contributed by atoms with E-state index in [-0.39, 0.29) is 11.8 Å². The van der Waals surface area contributed by atoms with Gasteiger partial charge in [-0.2, -0.15) is 13.2 Å². The number of nitrogens with one attached hydrogen (secondary N) is 1. The van der Waals surface area contributed by atoms with Crippen LogP contribution in [0.2, 0.25) is 0 Å². The fourth-order valence-corrected chi connectivity index (χ4v) is 2.66. The Balaban J connectivity index is 1.83. The minimum Gasteiger partial charge on any atom is -0.340 e. The maximum absolute atomic E-state index is 12.6. The summed E-state index contributed by atoms with van der Waals surface area (Å²) in [5.74, 6) is 0.0934. The molecule has 0 aromatic carbocycles. The van der Waals surface area contributed by atoms with Crippen LogP contribution in [0.3, 0.4) is 0 Å². The second-order valence-corrected chi connectivity index (χ2v) is 5.27. The topological polar surface area (TPSA) is 35.6 Å². The van der Waals surface area contributed by atoms with E-state index in [0.29, 0.717) is 32.7 Å². The SMILES string of the molecule is CC(N1CCN(C(=O)C2CCNC2)CC1)C(F)(F)F. The first kappa shape index (κ1) is 14.6. The molecule has 2 unspecified atom stereocenters. The van der Waals surface area contributed by atoms with Crippen molar-refractivity contribution in [1.29, 1.82) is 0 Å². The molecular formula is C12H20F3N3O. The molecular weight excluding hydrogens is 259 g/mol. The van der Waals surface area contributed by atoms with Gasteiger partial charge in [-0.15, -0.1) is 0 Å². The first-order valence-corrected chi connectivity index (χ1v) is 6.70. The third-order valence-electron chi connectivity index (χ3n) is 4.06. The lowest BCUT2D eigenvalue weighted by Crippen LogP contribution is -2.55. The number of halogens is 3. The highest BCUT2D eigenvalue weighted by Gasteiger charge is 2.41. The molecule has 0 aliphatic carbocycles. The number of rotatable bonds is 2. The van der Waals surface area contributed by atoms with E-state index in [4.69, 9.17) is 0 Å². The molecule has 2 heterocycles. The number of amides is 1. The zero-order valence-corrected chi connectivity index (χ0v) is 11.0. The van der Waals surface area contributed by atoms with Crippen molar-refractivity contribution in [2.75, 3.05) is 39.3 Å². The van der Waals surface area contributed by atoms with E-state index in [1.807, 2.05) is 0 Å². The van der Waals surface area contributed by atoms with E-state index < -0.39 is 12.2 Å². The van der Waals surface area contributed by atoms with Crippen LogP contribution in [-0.4, -0.2) is 67.2 Å². The molecule has 2 fully saturated rings. The molecule has 0 spiro atoms.